The van der Waals surface area contributed by atoms with E-state index in [0.717, 1.165) is 0 Å². The zero-order valence-corrected chi connectivity index (χ0v) is 9.85. The van der Waals surface area contributed by atoms with Crippen molar-refractivity contribution in [1.29, 1.82) is 0 Å². The van der Waals surface area contributed by atoms with Gasteiger partial charge in [0.1, 0.15) is 4.88 Å². The number of amides is 1. The van der Waals surface area contributed by atoms with E-state index in [-0.39, 0.29) is 11.7 Å². The first-order chi connectivity index (χ1) is 7.06. The number of aryl methyl sites for hydroxylation is 1. The minimum absolute atomic E-state index is 0.0329. The summed E-state index contributed by atoms with van der Waals surface area (Å²) >= 11 is 1.28. The smallest absolute Gasteiger partial charge is 0.263 e. The van der Waals surface area contributed by atoms with Gasteiger partial charge in [-0.25, -0.2) is 4.98 Å². The molecule has 0 aromatic carbocycles. The quantitative estimate of drug-likeness (QED) is 0.847. The van der Waals surface area contributed by atoms with Crippen molar-refractivity contribution in [3.63, 3.8) is 0 Å². The molecule has 15 heavy (non-hydrogen) atoms. The van der Waals surface area contributed by atoms with Crippen LogP contribution in [0.4, 0.5) is 0 Å². The highest BCUT2D eigenvalue weighted by Crippen LogP contribution is 2.11. The zero-order valence-electron chi connectivity index (χ0n) is 9.03. The number of carbonyl (C=O) groups is 2. The van der Waals surface area contributed by atoms with Crippen molar-refractivity contribution in [3.05, 3.63) is 16.1 Å². The number of carbonyl (C=O) groups excluding carboxylic acids is 2. The van der Waals surface area contributed by atoms with E-state index < -0.39 is 6.04 Å². The Labute approximate surface area is 92.7 Å². The Kier molecular flexibility index (Phi) is 3.96. The molecule has 0 spiro atoms. The average Bonchev–Trinajstić information content (AvgIpc) is 2.63. The fourth-order valence-corrected chi connectivity index (χ4v) is 1.87. The molecule has 1 rings (SSSR count). The Hall–Kier alpha value is -1.23. The third-order valence-corrected chi connectivity index (χ3v) is 3.06. The van der Waals surface area contributed by atoms with Crippen LogP contribution in [0.1, 0.15) is 35.6 Å². The van der Waals surface area contributed by atoms with Gasteiger partial charge in [-0.15, -0.1) is 11.3 Å². The normalized spacial score (nSPS) is 12.2. The number of thiazole rings is 1. The molecule has 1 N–H and O–H groups in total. The maximum Gasteiger partial charge on any atom is 0.263 e. The minimum atomic E-state index is -0.427. The molecule has 1 atom stereocenters. The van der Waals surface area contributed by atoms with Crippen LogP contribution in [0.25, 0.3) is 0 Å². The van der Waals surface area contributed by atoms with E-state index in [0.29, 0.717) is 17.0 Å². The van der Waals surface area contributed by atoms with Gasteiger partial charge in [0.2, 0.25) is 0 Å². The molecule has 0 saturated carbocycles. The number of hydrogen-bond donors (Lipinski definition) is 1. The monoisotopic (exact) mass is 226 g/mol. The number of Topliss-reactive ketones (excluding diaryl/α,β-unsaturated/α-hetero) is 1. The Balaban J connectivity index is 2.64. The fourth-order valence-electron chi connectivity index (χ4n) is 1.17. The molecule has 1 heterocycles. The van der Waals surface area contributed by atoms with Crippen LogP contribution < -0.4 is 5.32 Å². The molecular weight excluding hydrogens is 212 g/mol. The summed E-state index contributed by atoms with van der Waals surface area (Å²) in [6.45, 7) is 5.25. The summed E-state index contributed by atoms with van der Waals surface area (Å²) < 4.78 is 0. The standard InChI is InChI=1S/C10H14N2O2S/c1-4-8(13)6(2)12-10(14)9-7(3)11-5-15-9/h5-6H,4H2,1-3H3,(H,12,14). The van der Waals surface area contributed by atoms with E-state index >= 15 is 0 Å². The van der Waals surface area contributed by atoms with Gasteiger partial charge in [0.05, 0.1) is 17.2 Å². The number of hydrogen-bond acceptors (Lipinski definition) is 4. The third-order valence-electron chi connectivity index (χ3n) is 2.13. The molecular formula is C10H14N2O2S. The summed E-state index contributed by atoms with van der Waals surface area (Å²) in [5.41, 5.74) is 2.32. The fraction of sp³-hybridized carbons (Fsp3) is 0.500. The Bertz CT molecular complexity index is 373. The van der Waals surface area contributed by atoms with Crippen LogP contribution in [-0.2, 0) is 4.79 Å². The molecule has 0 bridgehead atoms. The molecule has 0 aliphatic carbocycles. The Morgan fingerprint density at radius 2 is 2.27 bits per heavy atom. The molecule has 5 heteroatoms. The first-order valence-electron chi connectivity index (χ1n) is 4.80. The second-order valence-electron chi connectivity index (χ2n) is 3.28. The van der Waals surface area contributed by atoms with Gasteiger partial charge in [-0.1, -0.05) is 6.92 Å². The van der Waals surface area contributed by atoms with Crippen molar-refractivity contribution in [3.8, 4) is 0 Å². The van der Waals surface area contributed by atoms with E-state index in [1.807, 2.05) is 0 Å². The topological polar surface area (TPSA) is 59.1 Å². The van der Waals surface area contributed by atoms with E-state index in [4.69, 9.17) is 0 Å². The van der Waals surface area contributed by atoms with Crippen LogP contribution in [0.5, 0.6) is 0 Å². The molecule has 0 aliphatic heterocycles. The van der Waals surface area contributed by atoms with Gasteiger partial charge in [-0.05, 0) is 13.8 Å². The average molecular weight is 226 g/mol. The summed E-state index contributed by atoms with van der Waals surface area (Å²) in [5, 5.41) is 2.66. The van der Waals surface area contributed by atoms with Crippen molar-refractivity contribution in [2.75, 3.05) is 0 Å². The van der Waals surface area contributed by atoms with Crippen molar-refractivity contribution >= 4 is 23.0 Å². The lowest BCUT2D eigenvalue weighted by Crippen LogP contribution is -2.38. The first-order valence-corrected chi connectivity index (χ1v) is 5.67. The highest BCUT2D eigenvalue weighted by Gasteiger charge is 2.17. The van der Waals surface area contributed by atoms with Gasteiger partial charge in [0, 0.05) is 6.42 Å². The predicted molar refractivity (Wildman–Crippen MR) is 59.1 cm³/mol. The van der Waals surface area contributed by atoms with Crippen molar-refractivity contribution < 1.29 is 9.59 Å². The molecule has 82 valence electrons. The van der Waals surface area contributed by atoms with Crippen LogP contribution >= 0.6 is 11.3 Å². The lowest BCUT2D eigenvalue weighted by atomic mass is 10.1. The lowest BCUT2D eigenvalue weighted by molar-refractivity contribution is -0.120. The number of nitrogens with one attached hydrogen (secondary N) is 1. The summed E-state index contributed by atoms with van der Waals surface area (Å²) in [4.78, 5) is 27.5. The molecule has 4 nitrogen and oxygen atoms in total. The molecule has 1 aromatic heterocycles. The van der Waals surface area contributed by atoms with Gasteiger partial charge in [-0.3, -0.25) is 9.59 Å². The van der Waals surface area contributed by atoms with Gasteiger partial charge >= 0.3 is 0 Å². The van der Waals surface area contributed by atoms with Crippen LogP contribution in [0.2, 0.25) is 0 Å². The van der Waals surface area contributed by atoms with Gasteiger partial charge in [-0.2, -0.15) is 0 Å². The largest absolute Gasteiger partial charge is 0.342 e. The molecule has 1 amide bonds. The van der Waals surface area contributed by atoms with E-state index in [2.05, 4.69) is 10.3 Å². The molecule has 0 fully saturated rings. The molecule has 0 radical (unpaired) electrons. The Morgan fingerprint density at radius 3 is 2.73 bits per heavy atom. The van der Waals surface area contributed by atoms with Crippen LogP contribution in [0.3, 0.4) is 0 Å². The van der Waals surface area contributed by atoms with Crippen molar-refractivity contribution in [2.24, 2.45) is 0 Å². The van der Waals surface area contributed by atoms with E-state index in [1.54, 1.807) is 26.3 Å². The zero-order chi connectivity index (χ0) is 11.4. The molecule has 0 saturated heterocycles. The van der Waals surface area contributed by atoms with Crippen molar-refractivity contribution in [2.45, 2.75) is 33.2 Å². The summed E-state index contributed by atoms with van der Waals surface area (Å²) in [5.74, 6) is -0.185. The number of aromatic nitrogens is 1. The van der Waals surface area contributed by atoms with Crippen LogP contribution in [-0.4, -0.2) is 22.7 Å². The number of nitrogens with zero attached hydrogens (tertiary/aromatic N) is 1. The highest BCUT2D eigenvalue weighted by molar-refractivity contribution is 7.11. The second kappa shape index (κ2) is 5.02. The van der Waals surface area contributed by atoms with Crippen LogP contribution in [0, 0.1) is 6.92 Å². The number of rotatable bonds is 4. The molecule has 1 aromatic rings. The lowest BCUT2D eigenvalue weighted by Gasteiger charge is -2.10. The number of ketones is 1. The SMILES string of the molecule is CCC(=O)C(C)NC(=O)c1scnc1C. The van der Waals surface area contributed by atoms with E-state index in [9.17, 15) is 9.59 Å². The predicted octanol–water partition coefficient (Wildman–Crippen LogP) is 1.55. The highest BCUT2D eigenvalue weighted by atomic mass is 32.1. The second-order valence-corrected chi connectivity index (χ2v) is 4.14. The van der Waals surface area contributed by atoms with E-state index in [1.165, 1.54) is 11.3 Å². The maximum absolute atomic E-state index is 11.7. The summed E-state index contributed by atoms with van der Waals surface area (Å²) in [6, 6.07) is -0.427. The van der Waals surface area contributed by atoms with Crippen LogP contribution in [0.15, 0.2) is 5.51 Å². The molecule has 1 unspecified atom stereocenters. The van der Waals surface area contributed by atoms with Gasteiger partial charge in [0.15, 0.2) is 5.78 Å². The molecule has 0 aliphatic rings. The maximum atomic E-state index is 11.7. The third kappa shape index (κ3) is 2.86. The minimum Gasteiger partial charge on any atom is -0.342 e. The van der Waals surface area contributed by atoms with Gasteiger partial charge < -0.3 is 5.32 Å². The van der Waals surface area contributed by atoms with Gasteiger partial charge in [0.25, 0.3) is 5.91 Å². The summed E-state index contributed by atoms with van der Waals surface area (Å²) in [6.07, 6.45) is 0.434. The Morgan fingerprint density at radius 1 is 1.60 bits per heavy atom. The summed E-state index contributed by atoms with van der Waals surface area (Å²) in [7, 11) is 0. The first kappa shape index (κ1) is 11.8. The van der Waals surface area contributed by atoms with Crippen molar-refractivity contribution in [1.82, 2.24) is 10.3 Å².